The van der Waals surface area contributed by atoms with Crippen molar-refractivity contribution in [3.05, 3.63) is 29.8 Å². The van der Waals surface area contributed by atoms with Crippen molar-refractivity contribution >= 4 is 11.6 Å². The quantitative estimate of drug-likeness (QED) is 0.846. The van der Waals surface area contributed by atoms with Gasteiger partial charge in [0.1, 0.15) is 5.54 Å². The maximum atomic E-state index is 12.4. The van der Waals surface area contributed by atoms with Crippen molar-refractivity contribution in [1.82, 2.24) is 4.90 Å². The monoisotopic (exact) mass is 271 g/mol. The highest BCUT2D eigenvalue weighted by atomic mass is 16.2. The van der Waals surface area contributed by atoms with E-state index in [2.05, 4.69) is 30.0 Å². The molecule has 1 aromatic carbocycles. The van der Waals surface area contributed by atoms with E-state index in [9.17, 15) is 4.79 Å². The number of nitrogens with zero attached hydrogens (tertiary/aromatic N) is 3. The Morgan fingerprint density at radius 1 is 1.50 bits per heavy atom. The van der Waals surface area contributed by atoms with Gasteiger partial charge in [-0.05, 0) is 38.8 Å². The lowest BCUT2D eigenvalue weighted by molar-refractivity contribution is -0.131. The molecule has 0 saturated heterocycles. The summed E-state index contributed by atoms with van der Waals surface area (Å²) in [5.74, 6) is -0.0277. The summed E-state index contributed by atoms with van der Waals surface area (Å²) in [6.45, 7) is 5.96. The second kappa shape index (κ2) is 5.16. The van der Waals surface area contributed by atoms with Gasteiger partial charge in [-0.15, -0.1) is 0 Å². The molecule has 4 nitrogen and oxygen atoms in total. The predicted octanol–water partition coefficient (Wildman–Crippen LogP) is 2.20. The third-order valence-corrected chi connectivity index (χ3v) is 4.14. The lowest BCUT2D eigenvalue weighted by atomic mass is 10.1. The van der Waals surface area contributed by atoms with Gasteiger partial charge < -0.3 is 9.80 Å². The molecule has 0 fully saturated rings. The predicted molar refractivity (Wildman–Crippen MR) is 79.4 cm³/mol. The first-order chi connectivity index (χ1) is 9.36. The van der Waals surface area contributed by atoms with Gasteiger partial charge in [-0.3, -0.25) is 4.79 Å². The fourth-order valence-electron chi connectivity index (χ4n) is 2.51. The maximum absolute atomic E-state index is 12.4. The molecule has 0 saturated carbocycles. The SMILES string of the molecule is C[C@@H]1Cc2ccccc2N1CC(=O)N(C)C(C)(C)C#N. The van der Waals surface area contributed by atoms with Crippen LogP contribution in [0, 0.1) is 11.3 Å². The smallest absolute Gasteiger partial charge is 0.243 e. The van der Waals surface area contributed by atoms with Gasteiger partial charge in [0.05, 0.1) is 12.6 Å². The number of likely N-dealkylation sites (N-methyl/N-ethyl adjacent to an activating group) is 1. The number of para-hydroxylation sites is 1. The van der Waals surface area contributed by atoms with E-state index in [1.54, 1.807) is 20.9 Å². The number of hydrogen-bond donors (Lipinski definition) is 0. The maximum Gasteiger partial charge on any atom is 0.243 e. The van der Waals surface area contributed by atoms with Crippen LogP contribution in [-0.4, -0.2) is 36.0 Å². The van der Waals surface area contributed by atoms with Gasteiger partial charge in [0.25, 0.3) is 0 Å². The minimum atomic E-state index is -0.778. The number of amides is 1. The molecule has 0 N–H and O–H groups in total. The van der Waals surface area contributed by atoms with Crippen molar-refractivity contribution in [1.29, 1.82) is 5.26 Å². The largest absolute Gasteiger partial charge is 0.359 e. The lowest BCUT2D eigenvalue weighted by Gasteiger charge is -2.32. The summed E-state index contributed by atoms with van der Waals surface area (Å²) in [7, 11) is 1.69. The highest BCUT2D eigenvalue weighted by molar-refractivity contribution is 5.83. The topological polar surface area (TPSA) is 47.3 Å². The Hall–Kier alpha value is -2.02. The normalized spacial score (nSPS) is 17.6. The van der Waals surface area contributed by atoms with Crippen molar-refractivity contribution in [2.75, 3.05) is 18.5 Å². The average Bonchev–Trinajstić information content (AvgIpc) is 2.74. The highest BCUT2D eigenvalue weighted by Gasteiger charge is 2.32. The molecule has 0 bridgehead atoms. The molecule has 1 aliphatic heterocycles. The van der Waals surface area contributed by atoms with E-state index in [0.29, 0.717) is 12.6 Å². The third-order valence-electron chi connectivity index (χ3n) is 4.14. The van der Waals surface area contributed by atoms with Crippen LogP contribution in [0.4, 0.5) is 5.69 Å². The number of carbonyl (C=O) groups excluding carboxylic acids is 1. The number of rotatable bonds is 3. The molecule has 0 spiro atoms. The average molecular weight is 271 g/mol. The summed E-state index contributed by atoms with van der Waals surface area (Å²) in [6, 6.07) is 10.7. The van der Waals surface area contributed by atoms with E-state index in [-0.39, 0.29) is 5.91 Å². The molecule has 1 aromatic rings. The second-order valence-corrected chi connectivity index (χ2v) is 5.93. The number of anilines is 1. The van der Waals surface area contributed by atoms with Crippen molar-refractivity contribution in [2.45, 2.75) is 38.8 Å². The fourth-order valence-corrected chi connectivity index (χ4v) is 2.51. The van der Waals surface area contributed by atoms with Crippen LogP contribution in [0.25, 0.3) is 0 Å². The highest BCUT2D eigenvalue weighted by Crippen LogP contribution is 2.31. The molecule has 1 atom stereocenters. The number of fused-ring (bicyclic) bond motifs is 1. The van der Waals surface area contributed by atoms with Crippen LogP contribution in [0.5, 0.6) is 0 Å². The molecule has 0 aliphatic carbocycles. The molecule has 106 valence electrons. The molecule has 4 heteroatoms. The van der Waals surface area contributed by atoms with Crippen molar-refractivity contribution in [3.63, 3.8) is 0 Å². The molecule has 2 rings (SSSR count). The molecule has 1 aliphatic rings. The molecule has 1 heterocycles. The van der Waals surface area contributed by atoms with Crippen LogP contribution in [0.15, 0.2) is 24.3 Å². The molecular weight excluding hydrogens is 250 g/mol. The van der Waals surface area contributed by atoms with Crippen molar-refractivity contribution < 1.29 is 4.79 Å². The van der Waals surface area contributed by atoms with E-state index in [4.69, 9.17) is 5.26 Å². The van der Waals surface area contributed by atoms with E-state index >= 15 is 0 Å². The Bertz CT molecular complexity index is 559. The van der Waals surface area contributed by atoms with Gasteiger partial charge in [-0.25, -0.2) is 0 Å². The minimum Gasteiger partial charge on any atom is -0.359 e. The fraction of sp³-hybridized carbons (Fsp3) is 0.500. The zero-order valence-corrected chi connectivity index (χ0v) is 12.6. The van der Waals surface area contributed by atoms with Gasteiger partial charge >= 0.3 is 0 Å². The van der Waals surface area contributed by atoms with E-state index in [0.717, 1.165) is 12.1 Å². The summed E-state index contributed by atoms with van der Waals surface area (Å²) in [6.07, 6.45) is 0.967. The summed E-state index contributed by atoms with van der Waals surface area (Å²) in [5.41, 5.74) is 1.64. The Morgan fingerprint density at radius 2 is 2.15 bits per heavy atom. The van der Waals surface area contributed by atoms with Gasteiger partial charge in [0.2, 0.25) is 5.91 Å². The van der Waals surface area contributed by atoms with Gasteiger partial charge in [-0.1, -0.05) is 18.2 Å². The first-order valence-electron chi connectivity index (χ1n) is 6.89. The first-order valence-corrected chi connectivity index (χ1v) is 6.89. The van der Waals surface area contributed by atoms with Crippen LogP contribution in [-0.2, 0) is 11.2 Å². The number of carbonyl (C=O) groups is 1. The van der Waals surface area contributed by atoms with Gasteiger partial charge in [0, 0.05) is 18.8 Å². The molecular formula is C16H21N3O. The van der Waals surface area contributed by atoms with Crippen LogP contribution in [0.1, 0.15) is 26.3 Å². The van der Waals surface area contributed by atoms with Crippen LogP contribution in [0.3, 0.4) is 0 Å². The van der Waals surface area contributed by atoms with Gasteiger partial charge in [-0.2, -0.15) is 5.26 Å². The molecule has 0 unspecified atom stereocenters. The Morgan fingerprint density at radius 3 is 2.80 bits per heavy atom. The van der Waals surface area contributed by atoms with Crippen LogP contribution >= 0.6 is 0 Å². The summed E-state index contributed by atoms with van der Waals surface area (Å²) in [4.78, 5) is 16.0. The zero-order chi connectivity index (χ0) is 14.9. The molecule has 1 amide bonds. The summed E-state index contributed by atoms with van der Waals surface area (Å²) < 4.78 is 0. The lowest BCUT2D eigenvalue weighted by Crippen LogP contribution is -2.49. The zero-order valence-electron chi connectivity index (χ0n) is 12.6. The van der Waals surface area contributed by atoms with Crippen molar-refractivity contribution in [2.24, 2.45) is 0 Å². The van der Waals surface area contributed by atoms with E-state index in [1.165, 1.54) is 10.5 Å². The summed E-state index contributed by atoms with van der Waals surface area (Å²) in [5, 5.41) is 9.13. The Balaban J connectivity index is 2.15. The Labute approximate surface area is 120 Å². The minimum absolute atomic E-state index is 0.0277. The second-order valence-electron chi connectivity index (χ2n) is 5.93. The summed E-state index contributed by atoms with van der Waals surface area (Å²) >= 11 is 0. The third kappa shape index (κ3) is 2.49. The van der Waals surface area contributed by atoms with Gasteiger partial charge in [0.15, 0.2) is 0 Å². The van der Waals surface area contributed by atoms with Crippen LogP contribution < -0.4 is 4.90 Å². The van der Waals surface area contributed by atoms with E-state index < -0.39 is 5.54 Å². The van der Waals surface area contributed by atoms with Crippen LogP contribution in [0.2, 0.25) is 0 Å². The standard InChI is InChI=1S/C16H21N3O/c1-12-9-13-7-5-6-8-14(13)19(12)10-15(20)18(4)16(2,3)11-17/h5-8,12H,9-10H2,1-4H3/t12-/m1/s1. The molecule has 20 heavy (non-hydrogen) atoms. The van der Waals surface area contributed by atoms with Crippen molar-refractivity contribution in [3.8, 4) is 6.07 Å². The Kier molecular flexibility index (Phi) is 3.71. The first kappa shape index (κ1) is 14.4. The molecule has 0 aromatic heterocycles. The number of nitriles is 1. The van der Waals surface area contributed by atoms with E-state index in [1.807, 2.05) is 12.1 Å². The molecule has 0 radical (unpaired) electrons. The number of hydrogen-bond acceptors (Lipinski definition) is 3. The number of benzene rings is 1.